The summed E-state index contributed by atoms with van der Waals surface area (Å²) in [4.78, 5) is 17.5. The molecule has 0 radical (unpaired) electrons. The zero-order valence-corrected chi connectivity index (χ0v) is 14.5. The van der Waals surface area contributed by atoms with E-state index in [4.69, 9.17) is 0 Å². The second-order valence-corrected chi connectivity index (χ2v) is 7.24. The first-order chi connectivity index (χ1) is 11.6. The molecule has 0 aromatic heterocycles. The van der Waals surface area contributed by atoms with Gasteiger partial charge in [0.1, 0.15) is 0 Å². The van der Waals surface area contributed by atoms with Gasteiger partial charge in [-0.25, -0.2) is 0 Å². The van der Waals surface area contributed by atoms with E-state index in [1.807, 2.05) is 31.3 Å². The van der Waals surface area contributed by atoms with Crippen LogP contribution in [0.25, 0.3) is 6.08 Å². The highest BCUT2D eigenvalue weighted by Gasteiger charge is 2.41. The van der Waals surface area contributed by atoms with Gasteiger partial charge in [0.25, 0.3) is 0 Å². The number of hydrogen-bond donors (Lipinski definition) is 1. The Morgan fingerprint density at radius 1 is 1.46 bits per heavy atom. The standard InChI is InChI=1S/C19H19N3OS/c1-12-4-3-5-14(13(12)2)6-7-18(23)22-19-16(10-20)15-8-9-21-11-17(15)24-19/h3-7,9,11,15-16,19H,8H2,1-2H3,(H,22,23). The predicted molar refractivity (Wildman–Crippen MR) is 98.3 cm³/mol. The first-order valence-electron chi connectivity index (χ1n) is 7.93. The molecule has 3 unspecified atom stereocenters. The molecular formula is C19H19N3OS. The van der Waals surface area contributed by atoms with Gasteiger partial charge in [-0.1, -0.05) is 18.2 Å². The summed E-state index contributed by atoms with van der Waals surface area (Å²) in [6, 6.07) is 8.37. The number of rotatable bonds is 3. The van der Waals surface area contributed by atoms with E-state index in [9.17, 15) is 10.1 Å². The molecule has 0 saturated carbocycles. The fraction of sp³-hybridized carbons (Fsp3) is 0.316. The van der Waals surface area contributed by atoms with Gasteiger partial charge in [0, 0.05) is 29.3 Å². The highest BCUT2D eigenvalue weighted by atomic mass is 32.2. The van der Waals surface area contributed by atoms with Gasteiger partial charge in [-0.05, 0) is 43.0 Å². The molecule has 1 saturated heterocycles. The summed E-state index contributed by atoms with van der Waals surface area (Å²) in [5.74, 6) is -0.231. The average Bonchev–Trinajstić information content (AvgIpc) is 2.93. The molecular weight excluding hydrogens is 318 g/mol. The van der Waals surface area contributed by atoms with Crippen LogP contribution in [-0.2, 0) is 4.79 Å². The van der Waals surface area contributed by atoms with E-state index >= 15 is 0 Å². The second kappa shape index (κ2) is 7.06. The smallest absolute Gasteiger partial charge is 0.244 e. The third-order valence-corrected chi connectivity index (χ3v) is 5.89. The molecule has 2 aliphatic rings. The number of benzene rings is 1. The fourth-order valence-corrected chi connectivity index (χ4v) is 4.37. The summed E-state index contributed by atoms with van der Waals surface area (Å²) in [6.45, 7) is 4.10. The summed E-state index contributed by atoms with van der Waals surface area (Å²) in [5, 5.41) is 12.2. The van der Waals surface area contributed by atoms with Gasteiger partial charge in [-0.15, -0.1) is 11.8 Å². The van der Waals surface area contributed by atoms with Crippen LogP contribution in [0, 0.1) is 37.0 Å². The summed E-state index contributed by atoms with van der Waals surface area (Å²) >= 11 is 1.54. The Morgan fingerprint density at radius 3 is 3.08 bits per heavy atom. The Labute approximate surface area is 146 Å². The quantitative estimate of drug-likeness (QED) is 0.858. The molecule has 1 aromatic carbocycles. The van der Waals surface area contributed by atoms with Crippen molar-refractivity contribution in [3.8, 4) is 6.07 Å². The number of fused-ring (bicyclic) bond motifs is 1. The van der Waals surface area contributed by atoms with Gasteiger partial charge in [0.05, 0.1) is 17.4 Å². The number of nitrogens with one attached hydrogen (secondary N) is 1. The van der Waals surface area contributed by atoms with Crippen molar-refractivity contribution >= 4 is 30.0 Å². The van der Waals surface area contributed by atoms with E-state index in [-0.39, 0.29) is 23.1 Å². The SMILES string of the molecule is Cc1cccc(C=CC(=O)NC2SC3=CN=CCC3C2C#N)c1C. The molecule has 1 N–H and O–H groups in total. The fourth-order valence-electron chi connectivity index (χ4n) is 2.97. The topological polar surface area (TPSA) is 65.2 Å². The van der Waals surface area contributed by atoms with Crippen LogP contribution in [-0.4, -0.2) is 17.5 Å². The van der Waals surface area contributed by atoms with Crippen LogP contribution >= 0.6 is 11.8 Å². The molecule has 5 heteroatoms. The average molecular weight is 337 g/mol. The lowest BCUT2D eigenvalue weighted by molar-refractivity contribution is -0.116. The molecule has 1 fully saturated rings. The first-order valence-corrected chi connectivity index (χ1v) is 8.81. The van der Waals surface area contributed by atoms with Gasteiger partial charge >= 0.3 is 0 Å². The minimum absolute atomic E-state index is 0.158. The minimum atomic E-state index is -0.219. The summed E-state index contributed by atoms with van der Waals surface area (Å²) < 4.78 is 0. The predicted octanol–water partition coefficient (Wildman–Crippen LogP) is 3.58. The Morgan fingerprint density at radius 2 is 2.29 bits per heavy atom. The van der Waals surface area contributed by atoms with Crippen LogP contribution in [0.2, 0.25) is 0 Å². The molecule has 3 rings (SSSR count). The van der Waals surface area contributed by atoms with Crippen LogP contribution in [0.4, 0.5) is 0 Å². The van der Waals surface area contributed by atoms with Gasteiger partial charge in [0.15, 0.2) is 0 Å². The first kappa shape index (κ1) is 16.5. The number of nitriles is 1. The van der Waals surface area contributed by atoms with Crippen molar-refractivity contribution in [2.24, 2.45) is 16.8 Å². The Hall–Kier alpha value is -2.32. The summed E-state index contributed by atoms with van der Waals surface area (Å²) in [6.07, 6.45) is 7.78. The minimum Gasteiger partial charge on any atom is -0.339 e. The number of hydrogen-bond acceptors (Lipinski definition) is 4. The zero-order chi connectivity index (χ0) is 17.1. The molecule has 0 spiro atoms. The highest BCUT2D eigenvalue weighted by molar-refractivity contribution is 8.04. The van der Waals surface area contributed by atoms with Crippen molar-refractivity contribution < 1.29 is 4.79 Å². The molecule has 4 nitrogen and oxygen atoms in total. The number of allylic oxidation sites excluding steroid dienone is 1. The maximum absolute atomic E-state index is 12.3. The number of thioether (sulfide) groups is 1. The number of carbonyl (C=O) groups excluding carboxylic acids is 1. The van der Waals surface area contributed by atoms with Crippen molar-refractivity contribution in [3.05, 3.63) is 52.1 Å². The normalized spacial score (nSPS) is 25.2. The summed E-state index contributed by atoms with van der Waals surface area (Å²) in [5.41, 5.74) is 3.40. The molecule has 24 heavy (non-hydrogen) atoms. The summed E-state index contributed by atoms with van der Waals surface area (Å²) in [7, 11) is 0. The van der Waals surface area contributed by atoms with Gasteiger partial charge in [-0.3, -0.25) is 9.79 Å². The van der Waals surface area contributed by atoms with Gasteiger partial charge < -0.3 is 5.32 Å². The van der Waals surface area contributed by atoms with E-state index in [0.717, 1.165) is 16.9 Å². The van der Waals surface area contributed by atoms with E-state index in [1.165, 1.54) is 11.1 Å². The number of aryl methyl sites for hydroxylation is 1. The van der Waals surface area contributed by atoms with Crippen LogP contribution in [0.15, 0.2) is 40.4 Å². The van der Waals surface area contributed by atoms with Crippen molar-refractivity contribution in [2.45, 2.75) is 25.6 Å². The van der Waals surface area contributed by atoms with Gasteiger partial charge in [-0.2, -0.15) is 5.26 Å². The third kappa shape index (κ3) is 3.29. The molecule has 2 aliphatic heterocycles. The molecule has 0 bridgehead atoms. The maximum atomic E-state index is 12.3. The molecule has 1 amide bonds. The van der Waals surface area contributed by atoms with E-state index in [2.05, 4.69) is 29.4 Å². The second-order valence-electron chi connectivity index (χ2n) is 6.03. The van der Waals surface area contributed by atoms with Crippen LogP contribution in [0.5, 0.6) is 0 Å². The van der Waals surface area contributed by atoms with Gasteiger partial charge in [0.2, 0.25) is 5.91 Å². The largest absolute Gasteiger partial charge is 0.339 e. The van der Waals surface area contributed by atoms with Crippen molar-refractivity contribution in [2.75, 3.05) is 0 Å². The van der Waals surface area contributed by atoms with Crippen molar-refractivity contribution in [1.29, 1.82) is 5.26 Å². The Balaban J connectivity index is 1.68. The number of nitrogens with zero attached hydrogens (tertiary/aromatic N) is 2. The lowest BCUT2D eigenvalue weighted by Gasteiger charge is -2.17. The van der Waals surface area contributed by atoms with E-state index in [1.54, 1.807) is 24.0 Å². The Kier molecular flexibility index (Phi) is 4.86. The van der Waals surface area contributed by atoms with Crippen LogP contribution in [0.1, 0.15) is 23.1 Å². The third-order valence-electron chi connectivity index (χ3n) is 4.55. The Bertz CT molecular complexity index is 788. The molecule has 0 aliphatic carbocycles. The number of carbonyl (C=O) groups is 1. The lowest BCUT2D eigenvalue weighted by atomic mass is 9.90. The van der Waals surface area contributed by atoms with Crippen molar-refractivity contribution in [3.63, 3.8) is 0 Å². The van der Waals surface area contributed by atoms with Crippen LogP contribution < -0.4 is 5.32 Å². The maximum Gasteiger partial charge on any atom is 0.244 e. The number of amides is 1. The monoisotopic (exact) mass is 337 g/mol. The van der Waals surface area contributed by atoms with Crippen molar-refractivity contribution in [1.82, 2.24) is 5.32 Å². The molecule has 3 atom stereocenters. The molecule has 1 aromatic rings. The van der Waals surface area contributed by atoms with E-state index < -0.39 is 0 Å². The molecule has 122 valence electrons. The van der Waals surface area contributed by atoms with E-state index in [0.29, 0.717) is 0 Å². The highest BCUT2D eigenvalue weighted by Crippen LogP contribution is 2.47. The molecule has 2 heterocycles. The zero-order valence-electron chi connectivity index (χ0n) is 13.7. The number of aliphatic imine (C=N–C) groups is 1. The lowest BCUT2D eigenvalue weighted by Crippen LogP contribution is -2.35. The van der Waals surface area contributed by atoms with Crippen LogP contribution in [0.3, 0.4) is 0 Å².